The van der Waals surface area contributed by atoms with Crippen LogP contribution in [0.4, 0.5) is 0 Å². The summed E-state index contributed by atoms with van der Waals surface area (Å²) in [7, 11) is 0. The van der Waals surface area contributed by atoms with E-state index in [4.69, 9.17) is 0 Å². The maximum Gasteiger partial charge on any atom is 0.0300 e. The van der Waals surface area contributed by atoms with Crippen LogP contribution in [0.3, 0.4) is 0 Å². The molecule has 0 aliphatic heterocycles. The van der Waals surface area contributed by atoms with Gasteiger partial charge in [-0.2, -0.15) is 0 Å². The van der Waals surface area contributed by atoms with E-state index in [0.29, 0.717) is 0 Å². The average molecular weight is 212 g/mol. The van der Waals surface area contributed by atoms with Crippen molar-refractivity contribution in [1.82, 2.24) is 9.97 Å². The fourth-order valence-corrected chi connectivity index (χ4v) is 1.80. The van der Waals surface area contributed by atoms with Crippen molar-refractivity contribution in [3.8, 4) is 0 Å². The van der Waals surface area contributed by atoms with Crippen LogP contribution >= 0.6 is 0 Å². The molecule has 2 nitrogen and oxygen atoms in total. The molecule has 2 heteroatoms. The summed E-state index contributed by atoms with van der Waals surface area (Å²) in [4.78, 5) is 8.40. The molecule has 0 aliphatic carbocycles. The van der Waals surface area contributed by atoms with Gasteiger partial charge in [0.2, 0.25) is 0 Å². The van der Waals surface area contributed by atoms with Gasteiger partial charge in [-0.1, -0.05) is 12.1 Å². The van der Waals surface area contributed by atoms with Gasteiger partial charge in [0.15, 0.2) is 0 Å². The summed E-state index contributed by atoms with van der Waals surface area (Å²) in [6.07, 6.45) is 9.71. The zero-order valence-electron chi connectivity index (χ0n) is 9.77. The largest absolute Gasteiger partial charge is 0.264 e. The van der Waals surface area contributed by atoms with Crippen LogP contribution in [0.5, 0.6) is 0 Å². The highest BCUT2D eigenvalue weighted by atomic mass is 14.6. The Morgan fingerprint density at radius 1 is 0.750 bits per heavy atom. The summed E-state index contributed by atoms with van der Waals surface area (Å²) in [5, 5.41) is 0. The Morgan fingerprint density at radius 3 is 1.56 bits per heavy atom. The molecule has 0 amide bonds. The lowest BCUT2D eigenvalue weighted by Gasteiger charge is -2.03. The van der Waals surface area contributed by atoms with E-state index in [2.05, 4.69) is 35.9 Å². The van der Waals surface area contributed by atoms with Gasteiger partial charge in [0.05, 0.1) is 0 Å². The van der Waals surface area contributed by atoms with Gasteiger partial charge in [0.25, 0.3) is 0 Å². The minimum atomic E-state index is 1.03. The predicted molar refractivity (Wildman–Crippen MR) is 65.4 cm³/mol. The molecule has 82 valence electrons. The average Bonchev–Trinajstić information content (AvgIpc) is 2.27. The molecular formula is C14H16N2. The maximum atomic E-state index is 4.20. The quantitative estimate of drug-likeness (QED) is 0.781. The molecule has 0 saturated heterocycles. The minimum absolute atomic E-state index is 1.03. The number of pyridine rings is 2. The molecule has 0 spiro atoms. The highest BCUT2D eigenvalue weighted by molar-refractivity contribution is 5.21. The number of nitrogens with zero attached hydrogens (tertiary/aromatic N) is 2. The summed E-state index contributed by atoms with van der Waals surface area (Å²) in [6, 6.07) is 4.38. The topological polar surface area (TPSA) is 25.8 Å². The number of aryl methyl sites for hydroxylation is 4. The fraction of sp³-hybridized carbons (Fsp3) is 0.286. The van der Waals surface area contributed by atoms with Crippen molar-refractivity contribution >= 4 is 0 Å². The van der Waals surface area contributed by atoms with Gasteiger partial charge in [-0.3, -0.25) is 9.97 Å². The van der Waals surface area contributed by atoms with E-state index in [-0.39, 0.29) is 0 Å². The van der Waals surface area contributed by atoms with E-state index in [0.717, 1.165) is 12.8 Å². The van der Waals surface area contributed by atoms with Crippen molar-refractivity contribution in [3.05, 3.63) is 59.2 Å². The van der Waals surface area contributed by atoms with Gasteiger partial charge in [-0.15, -0.1) is 0 Å². The third-order valence-electron chi connectivity index (χ3n) is 2.57. The van der Waals surface area contributed by atoms with Crippen molar-refractivity contribution in [2.24, 2.45) is 0 Å². The summed E-state index contributed by atoms with van der Waals surface area (Å²) >= 11 is 0. The van der Waals surface area contributed by atoms with Crippen LogP contribution in [0.25, 0.3) is 0 Å². The van der Waals surface area contributed by atoms with Crippen molar-refractivity contribution < 1.29 is 0 Å². The van der Waals surface area contributed by atoms with Crippen LogP contribution in [0.2, 0.25) is 0 Å². The van der Waals surface area contributed by atoms with Crippen LogP contribution in [-0.4, -0.2) is 9.97 Å². The van der Waals surface area contributed by atoms with E-state index in [1.54, 1.807) is 0 Å². The lowest BCUT2D eigenvalue weighted by atomic mass is 10.1. The summed E-state index contributed by atoms with van der Waals surface area (Å²) in [5.74, 6) is 0. The molecule has 0 bridgehead atoms. The van der Waals surface area contributed by atoms with E-state index in [1.165, 1.54) is 22.3 Å². The first kappa shape index (κ1) is 10.8. The van der Waals surface area contributed by atoms with Crippen LogP contribution in [0, 0.1) is 13.8 Å². The Kier molecular flexibility index (Phi) is 3.30. The molecule has 2 aromatic heterocycles. The molecule has 0 aliphatic rings. The van der Waals surface area contributed by atoms with Crippen molar-refractivity contribution in [2.75, 3.05) is 0 Å². The first-order valence-electron chi connectivity index (χ1n) is 5.55. The molecule has 0 fully saturated rings. The van der Waals surface area contributed by atoms with Crippen LogP contribution in [0.15, 0.2) is 36.9 Å². The van der Waals surface area contributed by atoms with Crippen molar-refractivity contribution in [2.45, 2.75) is 26.7 Å². The lowest BCUT2D eigenvalue weighted by molar-refractivity contribution is 0.934. The lowest BCUT2D eigenvalue weighted by Crippen LogP contribution is -1.94. The van der Waals surface area contributed by atoms with Gasteiger partial charge in [0, 0.05) is 24.8 Å². The van der Waals surface area contributed by atoms with E-state index < -0.39 is 0 Å². The third-order valence-corrected chi connectivity index (χ3v) is 2.57. The van der Waals surface area contributed by atoms with Gasteiger partial charge in [0.1, 0.15) is 0 Å². The molecule has 2 heterocycles. The zero-order chi connectivity index (χ0) is 11.4. The second-order valence-electron chi connectivity index (χ2n) is 4.24. The molecule has 0 unspecified atom stereocenters. The Balaban J connectivity index is 2.02. The predicted octanol–water partition coefficient (Wildman–Crippen LogP) is 2.88. The highest BCUT2D eigenvalue weighted by Crippen LogP contribution is 2.08. The van der Waals surface area contributed by atoms with E-state index in [1.807, 2.05) is 24.8 Å². The van der Waals surface area contributed by atoms with Crippen molar-refractivity contribution in [3.63, 3.8) is 0 Å². The van der Waals surface area contributed by atoms with Crippen LogP contribution in [0.1, 0.15) is 22.3 Å². The molecule has 0 radical (unpaired) electrons. The summed E-state index contributed by atoms with van der Waals surface area (Å²) < 4.78 is 0. The van der Waals surface area contributed by atoms with Crippen molar-refractivity contribution in [1.29, 1.82) is 0 Å². The normalized spacial score (nSPS) is 10.4. The minimum Gasteiger partial charge on any atom is -0.264 e. The van der Waals surface area contributed by atoms with Crippen LogP contribution < -0.4 is 0 Å². The van der Waals surface area contributed by atoms with E-state index in [9.17, 15) is 0 Å². The smallest absolute Gasteiger partial charge is 0.0300 e. The second-order valence-corrected chi connectivity index (χ2v) is 4.24. The molecule has 0 saturated carbocycles. The standard InChI is InChI=1S/C14H16N2/c1-11-5-13(9-15-7-11)3-4-14-6-12(2)8-16-10-14/h5-10H,3-4H2,1-2H3. The number of hydrogen-bond donors (Lipinski definition) is 0. The zero-order valence-corrected chi connectivity index (χ0v) is 9.77. The number of hydrogen-bond acceptors (Lipinski definition) is 2. The third kappa shape index (κ3) is 2.89. The molecule has 16 heavy (non-hydrogen) atoms. The molecule has 0 aromatic carbocycles. The van der Waals surface area contributed by atoms with Gasteiger partial charge < -0.3 is 0 Å². The highest BCUT2D eigenvalue weighted by Gasteiger charge is 1.97. The van der Waals surface area contributed by atoms with Gasteiger partial charge >= 0.3 is 0 Å². The first-order chi connectivity index (χ1) is 7.74. The van der Waals surface area contributed by atoms with E-state index >= 15 is 0 Å². The molecular weight excluding hydrogens is 196 g/mol. The molecule has 0 N–H and O–H groups in total. The Labute approximate surface area is 96.4 Å². The Morgan fingerprint density at radius 2 is 1.19 bits per heavy atom. The fourth-order valence-electron chi connectivity index (χ4n) is 1.80. The summed E-state index contributed by atoms with van der Waals surface area (Å²) in [6.45, 7) is 4.15. The maximum absolute atomic E-state index is 4.20. The Bertz CT molecular complexity index is 432. The number of aromatic nitrogens is 2. The van der Waals surface area contributed by atoms with Crippen LogP contribution in [-0.2, 0) is 12.8 Å². The monoisotopic (exact) mass is 212 g/mol. The summed E-state index contributed by atoms with van der Waals surface area (Å²) in [5.41, 5.74) is 5.03. The second kappa shape index (κ2) is 4.88. The molecule has 2 rings (SSSR count). The molecule has 0 atom stereocenters. The first-order valence-corrected chi connectivity index (χ1v) is 5.55. The Hall–Kier alpha value is -1.70. The SMILES string of the molecule is Cc1cncc(CCc2cncc(C)c2)c1. The number of rotatable bonds is 3. The van der Waals surface area contributed by atoms with Gasteiger partial charge in [-0.05, 0) is 48.9 Å². The molecule has 2 aromatic rings. The van der Waals surface area contributed by atoms with Gasteiger partial charge in [-0.25, -0.2) is 0 Å².